The van der Waals surface area contributed by atoms with E-state index in [1.807, 2.05) is 0 Å². The summed E-state index contributed by atoms with van der Waals surface area (Å²) in [6.45, 7) is 3.02. The van der Waals surface area contributed by atoms with Crippen molar-refractivity contribution in [2.75, 3.05) is 46.4 Å². The first-order valence-electron chi connectivity index (χ1n) is 9.41. The highest BCUT2D eigenvalue weighted by Gasteiger charge is 2.28. The lowest BCUT2D eigenvalue weighted by Crippen LogP contribution is -2.50. The summed E-state index contributed by atoms with van der Waals surface area (Å²) in [5.41, 5.74) is 0.372. The van der Waals surface area contributed by atoms with E-state index in [-0.39, 0.29) is 10.8 Å². The molecule has 0 unspecified atom stereocenters. The monoisotopic (exact) mass is 471 g/mol. The number of nitrogens with zero attached hydrogens (tertiary/aromatic N) is 2. The fourth-order valence-corrected chi connectivity index (χ4v) is 5.10. The predicted molar refractivity (Wildman–Crippen MR) is 117 cm³/mol. The summed E-state index contributed by atoms with van der Waals surface area (Å²) in [6, 6.07) is 11.1. The zero-order valence-electron chi connectivity index (χ0n) is 16.5. The average Bonchev–Trinajstić information content (AvgIpc) is 2.74. The van der Waals surface area contributed by atoms with Gasteiger partial charge in [0.25, 0.3) is 5.91 Å². The van der Waals surface area contributed by atoms with Crippen LogP contribution in [0.2, 0.25) is 10.0 Å². The Morgan fingerprint density at radius 2 is 1.73 bits per heavy atom. The van der Waals surface area contributed by atoms with Crippen molar-refractivity contribution in [2.45, 2.75) is 4.90 Å². The van der Waals surface area contributed by atoms with Crippen molar-refractivity contribution in [3.63, 3.8) is 0 Å². The third-order valence-electron chi connectivity index (χ3n) is 4.92. The number of amides is 1. The molecule has 30 heavy (non-hydrogen) atoms. The van der Waals surface area contributed by atoms with E-state index < -0.39 is 10.0 Å². The second kappa shape index (κ2) is 9.98. The van der Waals surface area contributed by atoms with Gasteiger partial charge in [-0.15, -0.1) is 0 Å². The van der Waals surface area contributed by atoms with E-state index in [1.54, 1.807) is 36.4 Å². The highest BCUT2D eigenvalue weighted by molar-refractivity contribution is 7.89. The van der Waals surface area contributed by atoms with Crippen LogP contribution in [0.5, 0.6) is 5.75 Å². The maximum Gasteiger partial charge on any atom is 0.252 e. The van der Waals surface area contributed by atoms with Crippen molar-refractivity contribution in [3.05, 3.63) is 58.1 Å². The number of hydrogen-bond donors (Lipinski definition) is 1. The number of hydrogen-bond acceptors (Lipinski definition) is 5. The van der Waals surface area contributed by atoms with Crippen LogP contribution < -0.4 is 10.1 Å². The van der Waals surface area contributed by atoms with Crippen LogP contribution in [0.25, 0.3) is 0 Å². The highest BCUT2D eigenvalue weighted by atomic mass is 35.5. The molecule has 162 valence electrons. The number of ether oxygens (including phenoxy) is 1. The van der Waals surface area contributed by atoms with Crippen LogP contribution >= 0.6 is 23.2 Å². The molecule has 0 bridgehead atoms. The Kier molecular flexibility index (Phi) is 7.60. The van der Waals surface area contributed by atoms with Crippen molar-refractivity contribution < 1.29 is 17.9 Å². The van der Waals surface area contributed by atoms with E-state index in [2.05, 4.69) is 10.2 Å². The minimum atomic E-state index is -3.53. The molecule has 1 N–H and O–H groups in total. The van der Waals surface area contributed by atoms with Crippen molar-refractivity contribution in [1.29, 1.82) is 0 Å². The molecule has 1 heterocycles. The number of benzene rings is 2. The lowest BCUT2D eigenvalue weighted by molar-refractivity contribution is 0.0945. The minimum Gasteiger partial charge on any atom is -0.497 e. The van der Waals surface area contributed by atoms with Gasteiger partial charge in [-0.1, -0.05) is 23.2 Å². The third-order valence-corrected chi connectivity index (χ3v) is 7.38. The smallest absolute Gasteiger partial charge is 0.252 e. The molecule has 0 saturated carbocycles. The zero-order chi connectivity index (χ0) is 21.7. The molecule has 1 fully saturated rings. The van der Waals surface area contributed by atoms with Crippen LogP contribution in [0.1, 0.15) is 10.4 Å². The molecule has 1 aliphatic rings. The maximum atomic E-state index is 12.8. The standard InChI is InChI=1S/C20H23Cl2N3O4S/c1-29-16-3-5-17(6-4-16)30(27,28)25-12-10-24(11-13-25)9-8-23-20(26)18-7-2-15(21)14-19(18)22/h2-7,14H,8-13H2,1H3,(H,23,26). The minimum absolute atomic E-state index is 0.254. The molecule has 0 atom stereocenters. The van der Waals surface area contributed by atoms with E-state index in [0.29, 0.717) is 60.6 Å². The summed E-state index contributed by atoms with van der Waals surface area (Å²) >= 11 is 11.9. The number of carbonyl (C=O) groups is 1. The molecular formula is C20H23Cl2N3O4S. The SMILES string of the molecule is COc1ccc(S(=O)(=O)N2CCN(CCNC(=O)c3ccc(Cl)cc3Cl)CC2)cc1. The molecule has 10 heteroatoms. The largest absolute Gasteiger partial charge is 0.497 e. The van der Waals surface area contributed by atoms with Crippen molar-refractivity contribution in [1.82, 2.24) is 14.5 Å². The molecular weight excluding hydrogens is 449 g/mol. The van der Waals surface area contributed by atoms with Gasteiger partial charge in [-0.05, 0) is 42.5 Å². The van der Waals surface area contributed by atoms with Gasteiger partial charge in [0.2, 0.25) is 10.0 Å². The summed E-state index contributed by atoms with van der Waals surface area (Å²) in [6.07, 6.45) is 0. The molecule has 0 radical (unpaired) electrons. The Bertz CT molecular complexity index is 992. The second-order valence-corrected chi connectivity index (χ2v) is 9.58. The second-order valence-electron chi connectivity index (χ2n) is 6.80. The van der Waals surface area contributed by atoms with E-state index in [1.165, 1.54) is 17.5 Å². The van der Waals surface area contributed by atoms with Gasteiger partial charge in [0.05, 0.1) is 22.6 Å². The number of methoxy groups -OCH3 is 1. The third kappa shape index (κ3) is 5.44. The lowest BCUT2D eigenvalue weighted by atomic mass is 10.2. The molecule has 7 nitrogen and oxygen atoms in total. The quantitative estimate of drug-likeness (QED) is 0.671. The van der Waals surface area contributed by atoms with E-state index in [9.17, 15) is 13.2 Å². The first-order chi connectivity index (χ1) is 14.3. The molecule has 1 amide bonds. The molecule has 0 aromatic heterocycles. The Labute approximate surface area is 186 Å². The van der Waals surface area contributed by atoms with Gasteiger partial charge in [-0.2, -0.15) is 4.31 Å². The Hall–Kier alpha value is -1.84. The summed E-state index contributed by atoms with van der Waals surface area (Å²) in [7, 11) is -2.00. The Morgan fingerprint density at radius 1 is 1.07 bits per heavy atom. The van der Waals surface area contributed by atoms with Gasteiger partial charge in [0.15, 0.2) is 0 Å². The Balaban J connectivity index is 1.47. The van der Waals surface area contributed by atoms with Crippen LogP contribution in [-0.4, -0.2) is 69.9 Å². The number of sulfonamides is 1. The van der Waals surface area contributed by atoms with Gasteiger partial charge in [-0.25, -0.2) is 8.42 Å². The van der Waals surface area contributed by atoms with Crippen LogP contribution in [-0.2, 0) is 10.0 Å². The van der Waals surface area contributed by atoms with Gasteiger partial charge < -0.3 is 10.1 Å². The summed E-state index contributed by atoms with van der Waals surface area (Å²) in [4.78, 5) is 14.6. The molecule has 1 aliphatic heterocycles. The zero-order valence-corrected chi connectivity index (χ0v) is 18.8. The number of piperazine rings is 1. The highest BCUT2D eigenvalue weighted by Crippen LogP contribution is 2.22. The van der Waals surface area contributed by atoms with E-state index in [4.69, 9.17) is 27.9 Å². The molecule has 1 saturated heterocycles. The fourth-order valence-electron chi connectivity index (χ4n) is 3.19. The lowest BCUT2D eigenvalue weighted by Gasteiger charge is -2.34. The first kappa shape index (κ1) is 22.8. The topological polar surface area (TPSA) is 79.0 Å². The number of halogens is 2. The predicted octanol–water partition coefficient (Wildman–Crippen LogP) is 2.74. The van der Waals surface area contributed by atoms with Crippen LogP contribution in [0.3, 0.4) is 0 Å². The first-order valence-corrected chi connectivity index (χ1v) is 11.6. The van der Waals surface area contributed by atoms with Gasteiger partial charge >= 0.3 is 0 Å². The number of nitrogens with one attached hydrogen (secondary N) is 1. The summed E-state index contributed by atoms with van der Waals surface area (Å²) in [5.74, 6) is 0.345. The van der Waals surface area contributed by atoms with Crippen LogP contribution in [0.4, 0.5) is 0 Å². The molecule has 2 aromatic rings. The van der Waals surface area contributed by atoms with E-state index in [0.717, 1.165) is 0 Å². The van der Waals surface area contributed by atoms with Crippen molar-refractivity contribution >= 4 is 39.1 Å². The molecule has 0 spiro atoms. The molecule has 2 aromatic carbocycles. The molecule has 3 rings (SSSR count). The van der Waals surface area contributed by atoms with E-state index >= 15 is 0 Å². The van der Waals surface area contributed by atoms with Crippen LogP contribution in [0, 0.1) is 0 Å². The average molecular weight is 472 g/mol. The van der Waals surface area contributed by atoms with Gasteiger partial charge in [0, 0.05) is 44.3 Å². The summed E-state index contributed by atoms with van der Waals surface area (Å²) < 4.78 is 32.2. The number of rotatable bonds is 7. The van der Waals surface area contributed by atoms with Crippen molar-refractivity contribution in [3.8, 4) is 5.75 Å². The van der Waals surface area contributed by atoms with Gasteiger partial charge in [0.1, 0.15) is 5.75 Å². The van der Waals surface area contributed by atoms with Crippen molar-refractivity contribution in [2.24, 2.45) is 0 Å². The Morgan fingerprint density at radius 3 is 2.33 bits per heavy atom. The summed E-state index contributed by atoms with van der Waals surface area (Å²) in [5, 5.41) is 3.61. The van der Waals surface area contributed by atoms with Crippen LogP contribution in [0.15, 0.2) is 47.4 Å². The fraction of sp³-hybridized carbons (Fsp3) is 0.350. The van der Waals surface area contributed by atoms with Gasteiger partial charge in [-0.3, -0.25) is 9.69 Å². The number of carbonyl (C=O) groups excluding carboxylic acids is 1. The normalized spacial score (nSPS) is 15.7. The molecule has 0 aliphatic carbocycles. The maximum absolute atomic E-state index is 12.8.